The van der Waals surface area contributed by atoms with Gasteiger partial charge in [-0.1, -0.05) is 41.0 Å². The Bertz CT molecular complexity index is 1580. The molecule has 0 bridgehead atoms. The lowest BCUT2D eigenvalue weighted by Crippen LogP contribution is -2.02. The Labute approximate surface area is 225 Å². The van der Waals surface area contributed by atoms with Gasteiger partial charge in [-0.05, 0) is 61.2 Å². The zero-order valence-electron chi connectivity index (χ0n) is 20.9. The van der Waals surface area contributed by atoms with E-state index in [1.54, 1.807) is 30.3 Å². The number of carbonyl (C=O) groups is 1. The molecule has 7 nitrogen and oxygen atoms in total. The summed E-state index contributed by atoms with van der Waals surface area (Å²) >= 11 is 6.57. The third-order valence-electron chi connectivity index (χ3n) is 6.41. The smallest absolute Gasteiger partial charge is 0.339 e. The molecule has 38 heavy (non-hydrogen) atoms. The molecule has 4 aromatic rings. The Morgan fingerprint density at radius 2 is 1.97 bits per heavy atom. The van der Waals surface area contributed by atoms with Crippen molar-refractivity contribution in [3.8, 4) is 23.1 Å². The number of hydrogen-bond donors (Lipinski definition) is 0. The summed E-state index contributed by atoms with van der Waals surface area (Å²) in [6.45, 7) is 2.34. The van der Waals surface area contributed by atoms with Crippen LogP contribution >= 0.6 is 11.6 Å². The van der Waals surface area contributed by atoms with Crippen molar-refractivity contribution >= 4 is 29.2 Å². The first-order chi connectivity index (χ1) is 18.5. The summed E-state index contributed by atoms with van der Waals surface area (Å²) in [5.74, 6) is 1.32. The van der Waals surface area contributed by atoms with E-state index in [-0.39, 0.29) is 5.56 Å². The maximum absolute atomic E-state index is 11.8. The lowest BCUT2D eigenvalue weighted by Gasteiger charge is -2.10. The predicted octanol–water partition coefficient (Wildman–Crippen LogP) is 7.01. The first-order valence-electron chi connectivity index (χ1n) is 12.1. The van der Waals surface area contributed by atoms with Crippen molar-refractivity contribution in [2.24, 2.45) is 0 Å². The van der Waals surface area contributed by atoms with Gasteiger partial charge in [0.25, 0.3) is 0 Å². The maximum Gasteiger partial charge on any atom is 0.339 e. The van der Waals surface area contributed by atoms with Crippen LogP contribution in [0.15, 0.2) is 65.4 Å². The molecule has 190 valence electrons. The molecule has 8 heteroatoms. The number of rotatable bonds is 8. The second-order valence-corrected chi connectivity index (χ2v) is 9.47. The van der Waals surface area contributed by atoms with E-state index >= 15 is 0 Å². The van der Waals surface area contributed by atoms with E-state index in [0.29, 0.717) is 40.0 Å². The molecule has 2 aromatic heterocycles. The summed E-state index contributed by atoms with van der Waals surface area (Å²) in [6, 6.07) is 17.1. The van der Waals surface area contributed by atoms with E-state index in [4.69, 9.17) is 25.6 Å². The summed E-state index contributed by atoms with van der Waals surface area (Å²) < 4.78 is 16.6. The molecule has 0 saturated heterocycles. The van der Waals surface area contributed by atoms with Gasteiger partial charge in [0.05, 0.1) is 34.9 Å². The first-order valence-corrected chi connectivity index (χ1v) is 12.5. The maximum atomic E-state index is 11.8. The van der Waals surface area contributed by atoms with Gasteiger partial charge in [0.15, 0.2) is 0 Å². The standard InChI is InChI=1S/C30H24ClN3O4/c1-18-5-3-4-6-25(18)28-26(29(38-34-28)19-7-8-19)17-37-24-10-9-20(27(31)13-24)11-21(14-32)22-12-23(16-33-15-22)30(35)36-2/h3-6,9-13,15-16,19H,7-8,17H2,1-2H3/b21-11+. The van der Waals surface area contributed by atoms with Crippen molar-refractivity contribution < 1.29 is 18.8 Å². The lowest BCUT2D eigenvalue weighted by molar-refractivity contribution is 0.0600. The van der Waals surface area contributed by atoms with Gasteiger partial charge in [0, 0.05) is 29.4 Å². The number of esters is 1. The second-order valence-electron chi connectivity index (χ2n) is 9.06. The number of carbonyl (C=O) groups excluding carboxylic acids is 1. The Morgan fingerprint density at radius 1 is 1.18 bits per heavy atom. The average Bonchev–Trinajstić information content (AvgIpc) is 3.70. The highest BCUT2D eigenvalue weighted by Gasteiger charge is 2.33. The topological polar surface area (TPSA) is 98.2 Å². The highest BCUT2D eigenvalue weighted by molar-refractivity contribution is 6.32. The van der Waals surface area contributed by atoms with Crippen LogP contribution in [0, 0.1) is 18.3 Å². The normalized spacial score (nSPS) is 13.2. The van der Waals surface area contributed by atoms with Crippen molar-refractivity contribution in [2.75, 3.05) is 7.11 Å². The van der Waals surface area contributed by atoms with Crippen LogP contribution in [-0.2, 0) is 11.3 Å². The van der Waals surface area contributed by atoms with Gasteiger partial charge in [0.1, 0.15) is 23.8 Å². The fourth-order valence-electron chi connectivity index (χ4n) is 4.20. The number of nitriles is 1. The van der Waals surface area contributed by atoms with Crippen LogP contribution in [0.5, 0.6) is 5.75 Å². The summed E-state index contributed by atoms with van der Waals surface area (Å²) in [4.78, 5) is 15.9. The monoisotopic (exact) mass is 525 g/mol. The quantitative estimate of drug-likeness (QED) is 0.180. The van der Waals surface area contributed by atoms with Crippen LogP contribution in [0.1, 0.15) is 57.1 Å². The molecule has 1 fully saturated rings. The number of hydrogen-bond acceptors (Lipinski definition) is 7. The third-order valence-corrected chi connectivity index (χ3v) is 6.74. The molecule has 0 radical (unpaired) electrons. The number of aryl methyl sites for hydroxylation is 1. The van der Waals surface area contributed by atoms with E-state index in [2.05, 4.69) is 29.2 Å². The largest absolute Gasteiger partial charge is 0.489 e. The molecule has 1 saturated carbocycles. The number of aromatic nitrogens is 2. The van der Waals surface area contributed by atoms with Crippen LogP contribution in [0.2, 0.25) is 5.02 Å². The average molecular weight is 526 g/mol. The highest BCUT2D eigenvalue weighted by Crippen LogP contribution is 2.44. The van der Waals surface area contributed by atoms with Gasteiger partial charge in [-0.2, -0.15) is 5.26 Å². The molecule has 0 unspecified atom stereocenters. The van der Waals surface area contributed by atoms with Crippen LogP contribution in [-0.4, -0.2) is 23.2 Å². The van der Waals surface area contributed by atoms with Gasteiger partial charge in [-0.25, -0.2) is 4.79 Å². The molecule has 0 spiro atoms. The lowest BCUT2D eigenvalue weighted by atomic mass is 10.0. The number of methoxy groups -OCH3 is 1. The molecule has 0 aliphatic heterocycles. The molecule has 1 aliphatic rings. The molecule has 2 aromatic carbocycles. The van der Waals surface area contributed by atoms with Crippen molar-refractivity contribution in [3.63, 3.8) is 0 Å². The van der Waals surface area contributed by atoms with E-state index in [1.165, 1.54) is 19.5 Å². The fourth-order valence-corrected chi connectivity index (χ4v) is 4.43. The number of pyridine rings is 1. The Balaban J connectivity index is 1.38. The number of benzene rings is 2. The first kappa shape index (κ1) is 25.2. The Kier molecular flexibility index (Phi) is 7.25. The van der Waals surface area contributed by atoms with Crippen molar-refractivity contribution in [2.45, 2.75) is 32.3 Å². The molecule has 2 heterocycles. The molecular weight excluding hydrogens is 502 g/mol. The minimum Gasteiger partial charge on any atom is -0.489 e. The van der Waals surface area contributed by atoms with Gasteiger partial charge in [0.2, 0.25) is 0 Å². The highest BCUT2D eigenvalue weighted by atomic mass is 35.5. The van der Waals surface area contributed by atoms with Gasteiger partial charge in [-0.15, -0.1) is 0 Å². The van der Waals surface area contributed by atoms with E-state index in [9.17, 15) is 10.1 Å². The molecular formula is C30H24ClN3O4. The minimum atomic E-state index is -0.528. The van der Waals surface area contributed by atoms with Crippen LogP contribution < -0.4 is 4.74 Å². The number of nitrogens with zero attached hydrogens (tertiary/aromatic N) is 3. The van der Waals surface area contributed by atoms with Crippen LogP contribution in [0.4, 0.5) is 0 Å². The molecule has 0 amide bonds. The number of ether oxygens (including phenoxy) is 2. The van der Waals surface area contributed by atoms with Gasteiger partial charge >= 0.3 is 5.97 Å². The van der Waals surface area contributed by atoms with E-state index in [1.807, 2.05) is 18.2 Å². The summed E-state index contributed by atoms with van der Waals surface area (Å²) in [5, 5.41) is 14.5. The van der Waals surface area contributed by atoms with Crippen LogP contribution in [0.3, 0.4) is 0 Å². The van der Waals surface area contributed by atoms with E-state index in [0.717, 1.165) is 41.0 Å². The minimum absolute atomic E-state index is 0.255. The van der Waals surface area contributed by atoms with Crippen molar-refractivity contribution in [1.29, 1.82) is 5.26 Å². The van der Waals surface area contributed by atoms with Gasteiger partial charge < -0.3 is 14.0 Å². The van der Waals surface area contributed by atoms with Crippen molar-refractivity contribution in [1.82, 2.24) is 10.1 Å². The summed E-state index contributed by atoms with van der Waals surface area (Å²) in [6.07, 6.45) is 6.71. The van der Waals surface area contributed by atoms with Gasteiger partial charge in [-0.3, -0.25) is 4.98 Å². The van der Waals surface area contributed by atoms with Crippen LogP contribution in [0.25, 0.3) is 22.9 Å². The SMILES string of the molecule is COC(=O)c1cncc(/C(C#N)=C/c2ccc(OCc3c(-c4ccccc4C)noc3C3CC3)cc2Cl)c1. The molecule has 0 atom stereocenters. The Hall–Kier alpha value is -4.41. The zero-order chi connectivity index (χ0) is 26.6. The molecule has 0 N–H and O–H groups in total. The fraction of sp³-hybridized carbons (Fsp3) is 0.200. The van der Waals surface area contributed by atoms with E-state index < -0.39 is 5.97 Å². The summed E-state index contributed by atoms with van der Waals surface area (Å²) in [5.41, 5.74) is 5.56. The number of halogens is 1. The molecule has 1 aliphatic carbocycles. The third kappa shape index (κ3) is 5.31. The number of allylic oxidation sites excluding steroid dienone is 1. The Morgan fingerprint density at radius 3 is 2.68 bits per heavy atom. The predicted molar refractivity (Wildman–Crippen MR) is 143 cm³/mol. The second kappa shape index (κ2) is 10.9. The zero-order valence-corrected chi connectivity index (χ0v) is 21.7. The molecule has 5 rings (SSSR count). The van der Waals surface area contributed by atoms with Crippen molar-refractivity contribution in [3.05, 3.63) is 99.5 Å². The summed E-state index contributed by atoms with van der Waals surface area (Å²) in [7, 11) is 1.29.